The average Bonchev–Trinajstić information content (AvgIpc) is 2.21. The number of nitrogens with one attached hydrogen (secondary N) is 1. The second-order valence-electron chi connectivity index (χ2n) is 4.51. The molecule has 0 aromatic rings. The van der Waals surface area contributed by atoms with Crippen LogP contribution >= 0.6 is 0 Å². The molecule has 0 aliphatic carbocycles. The quantitative estimate of drug-likeness (QED) is 0.367. The van der Waals surface area contributed by atoms with Crippen LogP contribution in [0.2, 0.25) is 0 Å². The van der Waals surface area contributed by atoms with Crippen molar-refractivity contribution in [2.24, 2.45) is 11.8 Å². The summed E-state index contributed by atoms with van der Waals surface area (Å²) in [4.78, 5) is 15.4. The molecule has 0 spiro atoms. The van der Waals surface area contributed by atoms with E-state index >= 15 is 0 Å². The highest BCUT2D eigenvalue weighted by Crippen LogP contribution is 2.16. The molecular formula is C10H22N4O. The first-order valence-electron chi connectivity index (χ1n) is 5.48. The predicted octanol–water partition coefficient (Wildman–Crippen LogP) is -0.750. The molecule has 1 fully saturated rings. The molecule has 1 aliphatic rings. The molecule has 5 nitrogen and oxygen atoms in total. The van der Waals surface area contributed by atoms with Gasteiger partial charge in [-0.05, 0) is 45.9 Å². The van der Waals surface area contributed by atoms with Crippen molar-refractivity contribution in [3.05, 3.63) is 0 Å². The van der Waals surface area contributed by atoms with Crippen LogP contribution < -0.4 is 11.3 Å². The van der Waals surface area contributed by atoms with Gasteiger partial charge in [0.05, 0.1) is 6.54 Å². The average molecular weight is 214 g/mol. The first-order valence-corrected chi connectivity index (χ1v) is 5.48. The van der Waals surface area contributed by atoms with Crippen molar-refractivity contribution >= 4 is 5.91 Å². The topological polar surface area (TPSA) is 61.6 Å². The number of nitrogens with zero attached hydrogens (tertiary/aromatic N) is 2. The lowest BCUT2D eigenvalue weighted by Gasteiger charge is -2.31. The molecule has 88 valence electrons. The van der Waals surface area contributed by atoms with Gasteiger partial charge in [0, 0.05) is 6.54 Å². The third kappa shape index (κ3) is 4.59. The molecule has 0 bridgehead atoms. The highest BCUT2D eigenvalue weighted by Gasteiger charge is 2.18. The molecule has 1 aliphatic heterocycles. The minimum absolute atomic E-state index is 0.120. The number of carbonyl (C=O) groups excluding carboxylic acids is 1. The highest BCUT2D eigenvalue weighted by atomic mass is 16.2. The van der Waals surface area contributed by atoms with Crippen molar-refractivity contribution in [3.63, 3.8) is 0 Å². The van der Waals surface area contributed by atoms with Crippen LogP contribution in [-0.4, -0.2) is 56.0 Å². The van der Waals surface area contributed by atoms with E-state index in [0.717, 1.165) is 12.5 Å². The normalized spacial score (nSPS) is 19.5. The Balaban J connectivity index is 2.20. The largest absolute Gasteiger partial charge is 0.306 e. The van der Waals surface area contributed by atoms with Crippen LogP contribution in [0.4, 0.5) is 0 Å². The number of carbonyl (C=O) groups is 1. The van der Waals surface area contributed by atoms with Crippen molar-refractivity contribution in [2.75, 3.05) is 40.3 Å². The van der Waals surface area contributed by atoms with Gasteiger partial charge in [-0.3, -0.25) is 15.1 Å². The van der Waals surface area contributed by atoms with Crippen LogP contribution in [0.1, 0.15) is 12.8 Å². The van der Waals surface area contributed by atoms with Gasteiger partial charge in [0.25, 0.3) is 0 Å². The van der Waals surface area contributed by atoms with Gasteiger partial charge in [-0.15, -0.1) is 0 Å². The first-order chi connectivity index (χ1) is 7.11. The number of hydrogen-bond acceptors (Lipinski definition) is 4. The number of likely N-dealkylation sites (tertiary alicyclic amines) is 1. The van der Waals surface area contributed by atoms with Gasteiger partial charge in [0.2, 0.25) is 5.91 Å². The number of piperidine rings is 1. The lowest BCUT2D eigenvalue weighted by molar-refractivity contribution is -0.122. The minimum Gasteiger partial charge on any atom is -0.306 e. The Hall–Kier alpha value is -0.650. The summed E-state index contributed by atoms with van der Waals surface area (Å²) in [6.45, 7) is 3.72. The van der Waals surface area contributed by atoms with Crippen molar-refractivity contribution in [1.82, 2.24) is 15.2 Å². The summed E-state index contributed by atoms with van der Waals surface area (Å²) in [5, 5.41) is 0. The molecule has 0 aromatic carbocycles. The third-order valence-electron chi connectivity index (χ3n) is 2.98. The number of hydrogen-bond donors (Lipinski definition) is 2. The highest BCUT2D eigenvalue weighted by molar-refractivity contribution is 5.77. The van der Waals surface area contributed by atoms with E-state index in [-0.39, 0.29) is 5.91 Å². The molecule has 1 amide bonds. The molecule has 1 heterocycles. The Morgan fingerprint density at radius 2 is 2.13 bits per heavy atom. The van der Waals surface area contributed by atoms with Crippen molar-refractivity contribution in [3.8, 4) is 0 Å². The summed E-state index contributed by atoms with van der Waals surface area (Å²) in [7, 11) is 4.12. The number of nitrogens with two attached hydrogens (primary N) is 1. The first kappa shape index (κ1) is 12.4. The summed E-state index contributed by atoms with van der Waals surface area (Å²) in [5.41, 5.74) is 2.15. The van der Waals surface area contributed by atoms with Crippen LogP contribution in [0.5, 0.6) is 0 Å². The molecule has 1 rings (SSSR count). The molecule has 15 heavy (non-hydrogen) atoms. The van der Waals surface area contributed by atoms with Crippen molar-refractivity contribution < 1.29 is 4.79 Å². The van der Waals surface area contributed by atoms with Crippen LogP contribution in [-0.2, 0) is 4.79 Å². The van der Waals surface area contributed by atoms with Gasteiger partial charge >= 0.3 is 0 Å². The van der Waals surface area contributed by atoms with Crippen LogP contribution in [0.25, 0.3) is 0 Å². The van der Waals surface area contributed by atoms with E-state index < -0.39 is 0 Å². The van der Waals surface area contributed by atoms with E-state index in [2.05, 4.69) is 17.4 Å². The Morgan fingerprint density at radius 3 is 2.67 bits per heavy atom. The van der Waals surface area contributed by atoms with Gasteiger partial charge in [0.1, 0.15) is 0 Å². The third-order valence-corrected chi connectivity index (χ3v) is 2.98. The fraction of sp³-hybridized carbons (Fsp3) is 0.900. The molecule has 1 saturated heterocycles. The van der Waals surface area contributed by atoms with Crippen LogP contribution in [0.15, 0.2) is 0 Å². The fourth-order valence-electron chi connectivity index (χ4n) is 2.04. The molecule has 0 radical (unpaired) electrons. The zero-order chi connectivity index (χ0) is 11.3. The second kappa shape index (κ2) is 6.05. The van der Waals surface area contributed by atoms with Gasteiger partial charge in [-0.2, -0.15) is 0 Å². The SMILES string of the molecule is CN1CCC(CN(C)CC(=O)NN)CC1. The predicted molar refractivity (Wildman–Crippen MR) is 60.0 cm³/mol. The molecule has 0 saturated carbocycles. The minimum atomic E-state index is -0.120. The Kier molecular flexibility index (Phi) is 5.01. The maximum absolute atomic E-state index is 11.0. The molecule has 3 N–H and O–H groups in total. The van der Waals surface area contributed by atoms with Gasteiger partial charge in [-0.1, -0.05) is 0 Å². The molecular weight excluding hydrogens is 192 g/mol. The van der Waals surface area contributed by atoms with Crippen LogP contribution in [0.3, 0.4) is 0 Å². The number of hydrazine groups is 1. The van der Waals surface area contributed by atoms with E-state index in [0.29, 0.717) is 6.54 Å². The number of rotatable bonds is 4. The Morgan fingerprint density at radius 1 is 1.53 bits per heavy atom. The lowest BCUT2D eigenvalue weighted by Crippen LogP contribution is -2.42. The zero-order valence-corrected chi connectivity index (χ0v) is 9.70. The van der Waals surface area contributed by atoms with E-state index in [1.54, 1.807) is 0 Å². The van der Waals surface area contributed by atoms with Gasteiger partial charge in [0.15, 0.2) is 0 Å². The van der Waals surface area contributed by atoms with Crippen molar-refractivity contribution in [1.29, 1.82) is 0 Å². The second-order valence-corrected chi connectivity index (χ2v) is 4.51. The van der Waals surface area contributed by atoms with Gasteiger partial charge < -0.3 is 4.90 Å². The van der Waals surface area contributed by atoms with E-state index in [4.69, 9.17) is 5.84 Å². The standard InChI is InChI=1S/C10H22N4O/c1-13-5-3-9(4-6-13)7-14(2)8-10(15)12-11/h9H,3-8,11H2,1-2H3,(H,12,15). The van der Waals surface area contributed by atoms with Crippen LogP contribution in [0, 0.1) is 5.92 Å². The smallest absolute Gasteiger partial charge is 0.248 e. The number of likely N-dealkylation sites (N-methyl/N-ethyl adjacent to an activating group) is 1. The summed E-state index contributed by atoms with van der Waals surface area (Å²) in [6.07, 6.45) is 2.45. The zero-order valence-electron chi connectivity index (χ0n) is 9.70. The number of amides is 1. The monoisotopic (exact) mass is 214 g/mol. The maximum atomic E-state index is 11.0. The summed E-state index contributed by atoms with van der Waals surface area (Å²) in [6, 6.07) is 0. The maximum Gasteiger partial charge on any atom is 0.248 e. The van der Waals surface area contributed by atoms with E-state index in [1.165, 1.54) is 25.9 Å². The summed E-state index contributed by atoms with van der Waals surface area (Å²) >= 11 is 0. The van der Waals surface area contributed by atoms with Crippen molar-refractivity contribution in [2.45, 2.75) is 12.8 Å². The molecule has 0 aromatic heterocycles. The summed E-state index contributed by atoms with van der Waals surface area (Å²) in [5.74, 6) is 5.64. The lowest BCUT2D eigenvalue weighted by atomic mass is 9.97. The van der Waals surface area contributed by atoms with Gasteiger partial charge in [-0.25, -0.2) is 5.84 Å². The molecule has 5 heteroatoms. The Bertz CT molecular complexity index is 202. The summed E-state index contributed by atoms with van der Waals surface area (Å²) < 4.78 is 0. The molecule has 0 unspecified atom stereocenters. The Labute approximate surface area is 91.6 Å². The fourth-order valence-corrected chi connectivity index (χ4v) is 2.04. The molecule has 0 atom stereocenters. The van der Waals surface area contributed by atoms with E-state index in [9.17, 15) is 4.79 Å². The van der Waals surface area contributed by atoms with E-state index in [1.807, 2.05) is 11.9 Å².